The lowest BCUT2D eigenvalue weighted by Gasteiger charge is -2.38. The molecule has 2 N–H and O–H groups in total. The Balaban J connectivity index is 1.58. The Hall–Kier alpha value is -2.96. The predicted molar refractivity (Wildman–Crippen MR) is 136 cm³/mol. The number of benzene rings is 2. The number of hydrogen-bond donors (Lipinski definition) is 2. The van der Waals surface area contributed by atoms with Crippen LogP contribution in [0.25, 0.3) is 10.9 Å². The fourth-order valence-electron chi connectivity index (χ4n) is 5.35. The molecule has 5 rings (SSSR count). The fraction of sp³-hybridized carbons (Fsp3) is 0.462. The minimum atomic E-state index is -3.38. The molecule has 3 heterocycles. The van der Waals surface area contributed by atoms with Crippen molar-refractivity contribution in [1.29, 1.82) is 0 Å². The molecule has 12 heteroatoms. The highest BCUT2D eigenvalue weighted by Gasteiger charge is 2.41. The van der Waals surface area contributed by atoms with E-state index in [4.69, 9.17) is 4.74 Å². The first-order chi connectivity index (χ1) is 17.9. The SMILES string of the molecule is Cc1nc(N[C@H](C)c2cccc(C(F)F)c2F)c2cc(C3(O)CCN(S(C)(=O)=O)CC3)c3c(c2n1)CCO3. The van der Waals surface area contributed by atoms with Crippen molar-refractivity contribution in [1.82, 2.24) is 14.3 Å². The maximum absolute atomic E-state index is 14.9. The van der Waals surface area contributed by atoms with Crippen molar-refractivity contribution in [2.75, 3.05) is 31.3 Å². The molecule has 1 saturated heterocycles. The van der Waals surface area contributed by atoms with E-state index in [1.165, 1.54) is 16.4 Å². The molecule has 0 unspecified atom stereocenters. The van der Waals surface area contributed by atoms with Gasteiger partial charge >= 0.3 is 0 Å². The predicted octanol–water partition coefficient (Wildman–Crippen LogP) is 4.37. The number of alkyl halides is 2. The van der Waals surface area contributed by atoms with Crippen molar-refractivity contribution in [3.8, 4) is 5.75 Å². The highest BCUT2D eigenvalue weighted by atomic mass is 32.2. The van der Waals surface area contributed by atoms with Gasteiger partial charge in [0.1, 0.15) is 23.2 Å². The average molecular weight is 551 g/mol. The molecule has 0 saturated carbocycles. The van der Waals surface area contributed by atoms with Gasteiger partial charge in [0.15, 0.2) is 0 Å². The number of aromatic nitrogens is 2. The Morgan fingerprint density at radius 1 is 1.18 bits per heavy atom. The third kappa shape index (κ3) is 4.69. The molecule has 2 aliphatic rings. The minimum Gasteiger partial charge on any atom is -0.492 e. The number of sulfonamides is 1. The number of ether oxygens (including phenoxy) is 1. The monoisotopic (exact) mass is 550 g/mol. The summed E-state index contributed by atoms with van der Waals surface area (Å²) in [5, 5.41) is 15.4. The van der Waals surface area contributed by atoms with Crippen LogP contribution < -0.4 is 10.1 Å². The number of nitrogens with one attached hydrogen (secondary N) is 1. The summed E-state index contributed by atoms with van der Waals surface area (Å²) >= 11 is 0. The molecule has 1 aromatic heterocycles. The first-order valence-electron chi connectivity index (χ1n) is 12.4. The lowest BCUT2D eigenvalue weighted by molar-refractivity contribution is -0.0112. The summed E-state index contributed by atoms with van der Waals surface area (Å²) in [7, 11) is -3.38. The molecule has 8 nitrogen and oxygen atoms in total. The zero-order valence-corrected chi connectivity index (χ0v) is 22.1. The van der Waals surface area contributed by atoms with Crippen LogP contribution in [0.4, 0.5) is 19.0 Å². The van der Waals surface area contributed by atoms with Crippen molar-refractivity contribution in [2.24, 2.45) is 0 Å². The summed E-state index contributed by atoms with van der Waals surface area (Å²) < 4.78 is 72.7. The quantitative estimate of drug-likeness (QED) is 0.470. The van der Waals surface area contributed by atoms with Gasteiger partial charge in [-0.3, -0.25) is 0 Å². The highest BCUT2D eigenvalue weighted by Crippen LogP contribution is 2.46. The third-order valence-electron chi connectivity index (χ3n) is 7.38. The summed E-state index contributed by atoms with van der Waals surface area (Å²) in [5.41, 5.74) is 0.0316. The van der Waals surface area contributed by atoms with E-state index in [2.05, 4.69) is 15.3 Å². The second kappa shape index (κ2) is 9.65. The number of anilines is 1. The minimum absolute atomic E-state index is 0.0729. The maximum Gasteiger partial charge on any atom is 0.266 e. The molecule has 1 atom stereocenters. The summed E-state index contributed by atoms with van der Waals surface area (Å²) in [6.45, 7) is 4.10. The van der Waals surface area contributed by atoms with Crippen molar-refractivity contribution in [3.63, 3.8) is 0 Å². The van der Waals surface area contributed by atoms with Gasteiger partial charge < -0.3 is 15.2 Å². The number of fused-ring (bicyclic) bond motifs is 3. The Bertz CT molecular complexity index is 1510. The summed E-state index contributed by atoms with van der Waals surface area (Å²) in [4.78, 5) is 9.15. The molecule has 38 heavy (non-hydrogen) atoms. The number of nitrogens with zero attached hydrogens (tertiary/aromatic N) is 3. The van der Waals surface area contributed by atoms with Crippen LogP contribution in [-0.4, -0.2) is 53.7 Å². The first kappa shape index (κ1) is 26.6. The Kier molecular flexibility index (Phi) is 6.77. The van der Waals surface area contributed by atoms with Crippen LogP contribution in [-0.2, 0) is 22.0 Å². The van der Waals surface area contributed by atoms with Crippen LogP contribution >= 0.6 is 0 Å². The molecule has 0 amide bonds. The lowest BCUT2D eigenvalue weighted by atomic mass is 9.82. The highest BCUT2D eigenvalue weighted by molar-refractivity contribution is 7.88. The van der Waals surface area contributed by atoms with Gasteiger partial charge in [0.25, 0.3) is 6.43 Å². The molecule has 0 spiro atoms. The lowest BCUT2D eigenvalue weighted by Crippen LogP contribution is -2.44. The third-order valence-corrected chi connectivity index (χ3v) is 8.69. The average Bonchev–Trinajstić information content (AvgIpc) is 3.33. The molecule has 1 fully saturated rings. The normalized spacial score (nSPS) is 18.4. The summed E-state index contributed by atoms with van der Waals surface area (Å²) in [6.07, 6.45) is -0.879. The van der Waals surface area contributed by atoms with Gasteiger partial charge in [-0.1, -0.05) is 18.2 Å². The smallest absolute Gasteiger partial charge is 0.266 e. The van der Waals surface area contributed by atoms with Crippen molar-refractivity contribution in [2.45, 2.75) is 51.2 Å². The van der Waals surface area contributed by atoms with Gasteiger partial charge in [-0.15, -0.1) is 0 Å². The van der Waals surface area contributed by atoms with E-state index < -0.39 is 39.5 Å². The second-order valence-electron chi connectivity index (χ2n) is 9.96. The Morgan fingerprint density at radius 2 is 1.87 bits per heavy atom. The van der Waals surface area contributed by atoms with Crippen molar-refractivity contribution in [3.05, 3.63) is 58.2 Å². The van der Waals surface area contributed by atoms with Crippen LogP contribution in [0.2, 0.25) is 0 Å². The zero-order chi connectivity index (χ0) is 27.4. The maximum atomic E-state index is 14.9. The van der Waals surface area contributed by atoms with Gasteiger partial charge in [-0.25, -0.2) is 35.9 Å². The Labute approximate surface area is 218 Å². The Morgan fingerprint density at radius 3 is 2.53 bits per heavy atom. The van der Waals surface area contributed by atoms with E-state index in [1.54, 1.807) is 19.9 Å². The molecule has 3 aromatic rings. The summed E-state index contributed by atoms with van der Waals surface area (Å²) in [6, 6.07) is 4.94. The van der Waals surface area contributed by atoms with Gasteiger partial charge in [0.2, 0.25) is 10.0 Å². The van der Waals surface area contributed by atoms with Gasteiger partial charge in [0, 0.05) is 41.6 Å². The molecular weight excluding hydrogens is 521 g/mol. The van der Waals surface area contributed by atoms with Crippen molar-refractivity contribution >= 4 is 26.7 Å². The molecule has 2 aromatic carbocycles. The fourth-order valence-corrected chi connectivity index (χ4v) is 6.19. The van der Waals surface area contributed by atoms with Crippen molar-refractivity contribution < 1.29 is 31.4 Å². The number of rotatable bonds is 6. The van der Waals surface area contributed by atoms with E-state index in [0.717, 1.165) is 17.9 Å². The van der Waals surface area contributed by atoms with Crippen LogP contribution in [0, 0.1) is 12.7 Å². The molecule has 0 bridgehead atoms. The number of halogens is 3. The standard InChI is InChI=1S/C26H29F3N4O4S/c1-14(16-5-4-6-17(21(16)27)24(28)29)30-25-19-13-20(26(34)8-10-33(11-9-26)38(3,35)36)23-18(7-12-37-23)22(19)31-15(2)32-25/h4-6,13-14,24,34H,7-12H2,1-3H3,(H,30,31,32)/t14-/m1/s1. The molecule has 2 aliphatic heterocycles. The van der Waals surface area contributed by atoms with E-state index in [-0.39, 0.29) is 31.5 Å². The number of aryl methyl sites for hydroxylation is 1. The van der Waals surface area contributed by atoms with Crippen LogP contribution in [0.1, 0.15) is 60.3 Å². The van der Waals surface area contributed by atoms with E-state index in [9.17, 15) is 26.7 Å². The number of piperidine rings is 1. The number of hydrogen-bond acceptors (Lipinski definition) is 7. The first-order valence-corrected chi connectivity index (χ1v) is 14.2. The molecular formula is C26H29F3N4O4S. The summed E-state index contributed by atoms with van der Waals surface area (Å²) in [5.74, 6) is 0.395. The molecule has 0 aliphatic carbocycles. The van der Waals surface area contributed by atoms with E-state index in [1.807, 2.05) is 0 Å². The van der Waals surface area contributed by atoms with Crippen LogP contribution in [0.5, 0.6) is 5.75 Å². The van der Waals surface area contributed by atoms with Crippen LogP contribution in [0.3, 0.4) is 0 Å². The zero-order valence-electron chi connectivity index (χ0n) is 21.3. The molecule has 204 valence electrons. The van der Waals surface area contributed by atoms with Gasteiger partial charge in [-0.05, 0) is 32.8 Å². The van der Waals surface area contributed by atoms with E-state index in [0.29, 0.717) is 46.9 Å². The topological polar surface area (TPSA) is 105 Å². The second-order valence-corrected chi connectivity index (χ2v) is 11.9. The van der Waals surface area contributed by atoms with E-state index >= 15 is 0 Å². The molecule has 0 radical (unpaired) electrons. The number of aliphatic hydroxyl groups is 1. The van der Waals surface area contributed by atoms with Crippen LogP contribution in [0.15, 0.2) is 24.3 Å². The van der Waals surface area contributed by atoms with Gasteiger partial charge in [-0.2, -0.15) is 0 Å². The largest absolute Gasteiger partial charge is 0.492 e. The van der Waals surface area contributed by atoms with Gasteiger partial charge in [0.05, 0.1) is 35.6 Å².